The van der Waals surface area contributed by atoms with E-state index in [0.717, 1.165) is 23.8 Å². The Bertz CT molecular complexity index is 565. The number of hydrogen-bond donors (Lipinski definition) is 3. The summed E-state index contributed by atoms with van der Waals surface area (Å²) < 4.78 is 41.2. The molecule has 0 aliphatic carbocycles. The van der Waals surface area contributed by atoms with Crippen LogP contribution in [0, 0.1) is 0 Å². The summed E-state index contributed by atoms with van der Waals surface area (Å²) in [6, 6.07) is 0. The van der Waals surface area contributed by atoms with Crippen LogP contribution in [0.4, 0.5) is 13.2 Å². The monoisotopic (exact) mass is 505 g/mol. The molecular formula is C17H31F3IN5O. The predicted octanol–water partition coefficient (Wildman–Crippen LogP) is 3.44. The molecule has 10 heteroatoms. The Hall–Kier alpha value is -1.04. The van der Waals surface area contributed by atoms with E-state index in [9.17, 15) is 18.3 Å². The average molecular weight is 505 g/mol. The first-order valence-electron chi connectivity index (χ1n) is 9.03. The van der Waals surface area contributed by atoms with Crippen molar-refractivity contribution in [2.75, 3.05) is 13.1 Å². The normalized spacial score (nSPS) is 14.5. The van der Waals surface area contributed by atoms with Crippen LogP contribution in [0.3, 0.4) is 0 Å². The van der Waals surface area contributed by atoms with Crippen LogP contribution in [0.1, 0.15) is 57.7 Å². The largest absolute Gasteiger partial charge is 0.424 e. The lowest BCUT2D eigenvalue weighted by Crippen LogP contribution is -2.47. The number of rotatable bonds is 11. The predicted molar refractivity (Wildman–Crippen MR) is 111 cm³/mol. The number of aliphatic imine (C=N–C) groups is 1. The van der Waals surface area contributed by atoms with Crippen LogP contribution in [0.15, 0.2) is 17.4 Å². The molecule has 4 N–H and O–H groups in total. The van der Waals surface area contributed by atoms with E-state index in [1.807, 2.05) is 0 Å². The molecule has 1 aromatic rings. The van der Waals surface area contributed by atoms with Crippen molar-refractivity contribution >= 4 is 29.9 Å². The summed E-state index contributed by atoms with van der Waals surface area (Å²) in [5.41, 5.74) is 2.63. The molecule has 0 saturated heterocycles. The highest BCUT2D eigenvalue weighted by molar-refractivity contribution is 14.0. The summed E-state index contributed by atoms with van der Waals surface area (Å²) in [6.45, 7) is 2.52. The van der Waals surface area contributed by atoms with Gasteiger partial charge in [-0.2, -0.15) is 13.2 Å². The first kappa shape index (κ1) is 26.0. The zero-order valence-electron chi connectivity index (χ0n) is 15.9. The number of unbranched alkanes of at least 4 members (excludes halogenated alkanes) is 5. The van der Waals surface area contributed by atoms with Crippen molar-refractivity contribution < 1.29 is 18.3 Å². The zero-order valence-corrected chi connectivity index (χ0v) is 18.3. The SMILES string of the molecule is CCCCCCCCN=C(N)NCCC(O)(c1nccn1C)C(F)(F)F.I. The Kier molecular flexibility index (Phi) is 11.9. The first-order chi connectivity index (χ1) is 12.2. The number of nitrogens with one attached hydrogen (secondary N) is 1. The molecule has 0 fully saturated rings. The standard InChI is InChI=1S/C17H30F3N5O.HI/c1-3-4-5-6-7-8-10-23-15(21)24-11-9-16(26,17(18,19)20)14-22-12-13-25(14)2;/h12-13,26H,3-11H2,1-2H3,(H3,21,23,24);1H. The lowest BCUT2D eigenvalue weighted by molar-refractivity contribution is -0.272. The summed E-state index contributed by atoms with van der Waals surface area (Å²) >= 11 is 0. The molecule has 1 heterocycles. The van der Waals surface area contributed by atoms with E-state index < -0.39 is 24.0 Å². The maximum absolute atomic E-state index is 13.4. The van der Waals surface area contributed by atoms with Crippen molar-refractivity contribution in [1.29, 1.82) is 0 Å². The highest BCUT2D eigenvalue weighted by atomic mass is 127. The third kappa shape index (κ3) is 8.24. The zero-order chi connectivity index (χ0) is 19.6. The van der Waals surface area contributed by atoms with E-state index in [1.54, 1.807) is 0 Å². The fourth-order valence-corrected chi connectivity index (χ4v) is 2.66. The van der Waals surface area contributed by atoms with E-state index in [4.69, 9.17) is 5.73 Å². The molecule has 6 nitrogen and oxygen atoms in total. The maximum atomic E-state index is 13.4. The number of alkyl halides is 3. The molecule has 0 aliphatic heterocycles. The Morgan fingerprint density at radius 2 is 1.89 bits per heavy atom. The lowest BCUT2D eigenvalue weighted by atomic mass is 9.97. The number of guanidine groups is 1. The molecule has 0 aliphatic rings. The van der Waals surface area contributed by atoms with Crippen LogP contribution in [0.5, 0.6) is 0 Å². The molecule has 0 bridgehead atoms. The molecule has 1 unspecified atom stereocenters. The van der Waals surface area contributed by atoms with Crippen LogP contribution in [-0.2, 0) is 12.6 Å². The molecule has 0 amide bonds. The van der Waals surface area contributed by atoms with Crippen molar-refractivity contribution in [3.05, 3.63) is 18.2 Å². The minimum absolute atomic E-state index is 0. The fraction of sp³-hybridized carbons (Fsp3) is 0.765. The van der Waals surface area contributed by atoms with Gasteiger partial charge in [-0.05, 0) is 6.42 Å². The van der Waals surface area contributed by atoms with Crippen molar-refractivity contribution in [3.8, 4) is 0 Å². The summed E-state index contributed by atoms with van der Waals surface area (Å²) in [5.74, 6) is -0.364. The maximum Gasteiger partial charge on any atom is 0.424 e. The van der Waals surface area contributed by atoms with E-state index in [0.29, 0.717) is 6.54 Å². The van der Waals surface area contributed by atoms with E-state index in [-0.39, 0.29) is 36.5 Å². The number of halogens is 4. The van der Waals surface area contributed by atoms with Crippen LogP contribution in [0.25, 0.3) is 0 Å². The molecule has 1 atom stereocenters. The third-order valence-electron chi connectivity index (χ3n) is 4.25. The van der Waals surface area contributed by atoms with E-state index in [2.05, 4.69) is 22.2 Å². The van der Waals surface area contributed by atoms with Gasteiger partial charge in [0, 0.05) is 39.0 Å². The van der Waals surface area contributed by atoms with Gasteiger partial charge in [-0.3, -0.25) is 4.99 Å². The van der Waals surface area contributed by atoms with Gasteiger partial charge in [0.25, 0.3) is 0 Å². The number of nitrogens with two attached hydrogens (primary N) is 1. The Balaban J connectivity index is 0.00000676. The molecule has 158 valence electrons. The van der Waals surface area contributed by atoms with Crippen LogP contribution < -0.4 is 11.1 Å². The molecular weight excluding hydrogens is 474 g/mol. The number of aliphatic hydroxyl groups is 1. The van der Waals surface area contributed by atoms with Gasteiger partial charge in [-0.15, -0.1) is 24.0 Å². The van der Waals surface area contributed by atoms with Crippen LogP contribution in [-0.4, -0.2) is 39.9 Å². The van der Waals surface area contributed by atoms with Crippen molar-refractivity contribution in [2.24, 2.45) is 17.8 Å². The minimum atomic E-state index is -4.85. The second-order valence-electron chi connectivity index (χ2n) is 6.43. The number of nitrogens with zero attached hydrogens (tertiary/aromatic N) is 3. The first-order valence-corrected chi connectivity index (χ1v) is 9.03. The van der Waals surface area contributed by atoms with Gasteiger partial charge in [0.05, 0.1) is 0 Å². The Labute approximate surface area is 175 Å². The van der Waals surface area contributed by atoms with Gasteiger partial charge in [0.2, 0.25) is 5.60 Å². The number of aromatic nitrogens is 2. The van der Waals surface area contributed by atoms with Gasteiger partial charge in [0.1, 0.15) is 5.82 Å². The fourth-order valence-electron chi connectivity index (χ4n) is 2.66. The summed E-state index contributed by atoms with van der Waals surface area (Å²) in [5, 5.41) is 12.8. The Morgan fingerprint density at radius 3 is 2.44 bits per heavy atom. The number of imidazole rings is 1. The Morgan fingerprint density at radius 1 is 1.26 bits per heavy atom. The molecule has 0 radical (unpaired) electrons. The molecule has 0 saturated carbocycles. The smallest absolute Gasteiger partial charge is 0.374 e. The van der Waals surface area contributed by atoms with Crippen LogP contribution in [0.2, 0.25) is 0 Å². The van der Waals surface area contributed by atoms with Gasteiger partial charge < -0.3 is 20.7 Å². The highest BCUT2D eigenvalue weighted by Crippen LogP contribution is 2.40. The minimum Gasteiger partial charge on any atom is -0.374 e. The van der Waals surface area contributed by atoms with Gasteiger partial charge in [0.15, 0.2) is 5.96 Å². The van der Waals surface area contributed by atoms with Crippen molar-refractivity contribution in [2.45, 2.75) is 63.6 Å². The molecule has 27 heavy (non-hydrogen) atoms. The number of aryl methyl sites for hydroxylation is 1. The molecule has 1 aromatic heterocycles. The van der Waals surface area contributed by atoms with E-state index >= 15 is 0 Å². The average Bonchev–Trinajstić information content (AvgIpc) is 2.99. The van der Waals surface area contributed by atoms with Gasteiger partial charge in [-0.25, -0.2) is 4.98 Å². The van der Waals surface area contributed by atoms with E-state index in [1.165, 1.54) is 38.7 Å². The highest BCUT2D eigenvalue weighted by Gasteiger charge is 2.57. The quantitative estimate of drug-likeness (QED) is 0.186. The van der Waals surface area contributed by atoms with Gasteiger partial charge >= 0.3 is 6.18 Å². The molecule has 1 rings (SSSR count). The van der Waals surface area contributed by atoms with Crippen molar-refractivity contribution in [3.63, 3.8) is 0 Å². The topological polar surface area (TPSA) is 88.5 Å². The van der Waals surface area contributed by atoms with Gasteiger partial charge in [-0.1, -0.05) is 39.0 Å². The lowest BCUT2D eigenvalue weighted by Gasteiger charge is -2.30. The summed E-state index contributed by atoms with van der Waals surface area (Å²) in [7, 11) is 1.41. The number of hydrogen-bond acceptors (Lipinski definition) is 3. The summed E-state index contributed by atoms with van der Waals surface area (Å²) in [4.78, 5) is 7.75. The molecule has 0 aromatic carbocycles. The summed E-state index contributed by atoms with van der Waals surface area (Å²) in [6.07, 6.45) is 3.84. The van der Waals surface area contributed by atoms with Crippen molar-refractivity contribution in [1.82, 2.24) is 14.9 Å². The third-order valence-corrected chi connectivity index (χ3v) is 4.25. The second kappa shape index (κ2) is 12.4. The second-order valence-corrected chi connectivity index (χ2v) is 6.43. The van der Waals surface area contributed by atoms with Crippen LogP contribution >= 0.6 is 24.0 Å². The molecule has 0 spiro atoms.